The van der Waals surface area contributed by atoms with Gasteiger partial charge in [-0.05, 0) is 31.4 Å². The van der Waals surface area contributed by atoms with Gasteiger partial charge in [0, 0.05) is 12.6 Å². The molecule has 0 bridgehead atoms. The minimum absolute atomic E-state index is 0.137. The number of nitrogens with zero attached hydrogens (tertiary/aromatic N) is 1. The second-order valence-electron chi connectivity index (χ2n) is 4.97. The molecule has 2 N–H and O–H groups in total. The van der Waals surface area contributed by atoms with Crippen molar-refractivity contribution >= 4 is 17.3 Å². The van der Waals surface area contributed by atoms with Crippen molar-refractivity contribution in [3.8, 4) is 0 Å². The number of rotatable bonds is 6. The molecule has 0 radical (unpaired) electrons. The van der Waals surface area contributed by atoms with Crippen molar-refractivity contribution in [3.63, 3.8) is 0 Å². The highest BCUT2D eigenvalue weighted by Crippen LogP contribution is 2.33. The number of alkyl halides is 3. The summed E-state index contributed by atoms with van der Waals surface area (Å²) in [5.74, 6) is 0. The van der Waals surface area contributed by atoms with Crippen LogP contribution in [0.1, 0.15) is 25.8 Å². The smallest absolute Gasteiger partial charge is 0.361 e. The van der Waals surface area contributed by atoms with Crippen LogP contribution in [0.2, 0.25) is 5.02 Å². The van der Waals surface area contributed by atoms with Crippen LogP contribution in [-0.2, 0) is 6.42 Å². The molecule has 1 aromatic carbocycles. The van der Waals surface area contributed by atoms with Gasteiger partial charge >= 0.3 is 6.18 Å². The topological polar surface area (TPSA) is 29.3 Å². The largest absolute Gasteiger partial charge is 0.405 e. The van der Waals surface area contributed by atoms with Crippen molar-refractivity contribution in [1.82, 2.24) is 0 Å². The first-order valence-corrected chi connectivity index (χ1v) is 6.97. The lowest BCUT2D eigenvalue weighted by atomic mass is 10.0. The monoisotopic (exact) mass is 308 g/mol. The molecule has 0 spiro atoms. The van der Waals surface area contributed by atoms with Crippen molar-refractivity contribution in [3.05, 3.63) is 28.8 Å². The van der Waals surface area contributed by atoms with E-state index in [0.717, 1.165) is 5.56 Å². The quantitative estimate of drug-likeness (QED) is 0.860. The summed E-state index contributed by atoms with van der Waals surface area (Å²) in [5.41, 5.74) is 6.97. The van der Waals surface area contributed by atoms with E-state index in [2.05, 4.69) is 0 Å². The highest BCUT2D eigenvalue weighted by molar-refractivity contribution is 6.33. The van der Waals surface area contributed by atoms with E-state index in [1.54, 1.807) is 18.2 Å². The van der Waals surface area contributed by atoms with Crippen molar-refractivity contribution in [2.24, 2.45) is 5.73 Å². The molecule has 0 saturated carbocycles. The van der Waals surface area contributed by atoms with Gasteiger partial charge in [0.05, 0.1) is 10.7 Å². The maximum absolute atomic E-state index is 12.7. The first-order chi connectivity index (χ1) is 9.24. The number of anilines is 1. The van der Waals surface area contributed by atoms with E-state index in [-0.39, 0.29) is 6.04 Å². The molecule has 1 unspecified atom stereocenters. The fraction of sp³-hybridized carbons (Fsp3) is 0.571. The van der Waals surface area contributed by atoms with Gasteiger partial charge in [-0.1, -0.05) is 30.7 Å². The van der Waals surface area contributed by atoms with Crippen molar-refractivity contribution < 1.29 is 13.2 Å². The Hall–Kier alpha value is -0.940. The summed E-state index contributed by atoms with van der Waals surface area (Å²) in [5, 5.41) is 0.334. The zero-order chi connectivity index (χ0) is 15.3. The van der Waals surface area contributed by atoms with E-state index in [9.17, 15) is 13.2 Å². The number of para-hydroxylation sites is 1. The van der Waals surface area contributed by atoms with Crippen LogP contribution in [0, 0.1) is 0 Å². The Bertz CT molecular complexity index is 433. The van der Waals surface area contributed by atoms with E-state index in [4.69, 9.17) is 17.3 Å². The third kappa shape index (κ3) is 5.21. The Kier molecular flexibility index (Phi) is 6.14. The molecule has 0 heterocycles. The van der Waals surface area contributed by atoms with Crippen LogP contribution in [0.5, 0.6) is 0 Å². The summed E-state index contributed by atoms with van der Waals surface area (Å²) in [6, 6.07) is 4.99. The predicted octanol–water partition coefficient (Wildman–Crippen LogP) is 4.01. The first-order valence-electron chi connectivity index (χ1n) is 6.59. The van der Waals surface area contributed by atoms with Gasteiger partial charge in [-0.3, -0.25) is 0 Å². The lowest BCUT2D eigenvalue weighted by Crippen LogP contribution is -2.36. The summed E-state index contributed by atoms with van der Waals surface area (Å²) in [6.45, 7) is 2.95. The molecule has 114 valence electrons. The van der Waals surface area contributed by atoms with Crippen LogP contribution in [0.3, 0.4) is 0 Å². The summed E-state index contributed by atoms with van der Waals surface area (Å²) in [6.07, 6.45) is -3.16. The zero-order valence-electron chi connectivity index (χ0n) is 11.7. The third-order valence-electron chi connectivity index (χ3n) is 2.79. The number of hydrogen-bond donors (Lipinski definition) is 1. The molecule has 0 aromatic heterocycles. The van der Waals surface area contributed by atoms with E-state index < -0.39 is 12.7 Å². The normalized spacial score (nSPS) is 13.3. The first kappa shape index (κ1) is 17.1. The van der Waals surface area contributed by atoms with Gasteiger partial charge in [-0.25, -0.2) is 0 Å². The van der Waals surface area contributed by atoms with E-state index in [0.29, 0.717) is 30.1 Å². The second-order valence-corrected chi connectivity index (χ2v) is 5.37. The summed E-state index contributed by atoms with van der Waals surface area (Å²) in [7, 11) is 0. The highest BCUT2D eigenvalue weighted by atomic mass is 35.5. The van der Waals surface area contributed by atoms with Crippen molar-refractivity contribution in [2.75, 3.05) is 18.0 Å². The number of benzene rings is 1. The van der Waals surface area contributed by atoms with Crippen molar-refractivity contribution in [2.45, 2.75) is 38.9 Å². The molecule has 0 fully saturated rings. The Labute approximate surface area is 122 Å². The molecule has 1 aromatic rings. The third-order valence-corrected chi connectivity index (χ3v) is 3.10. The molecule has 1 rings (SSSR count). The van der Waals surface area contributed by atoms with Gasteiger partial charge in [0.25, 0.3) is 0 Å². The molecule has 0 aliphatic rings. The van der Waals surface area contributed by atoms with Crippen molar-refractivity contribution in [1.29, 1.82) is 0 Å². The molecule has 2 nitrogen and oxygen atoms in total. The minimum atomic E-state index is -4.26. The van der Waals surface area contributed by atoms with E-state index in [1.165, 1.54) is 4.90 Å². The summed E-state index contributed by atoms with van der Waals surface area (Å²) < 4.78 is 38.2. The van der Waals surface area contributed by atoms with Crippen LogP contribution in [-0.4, -0.2) is 25.3 Å². The summed E-state index contributed by atoms with van der Waals surface area (Å²) in [4.78, 5) is 1.29. The van der Waals surface area contributed by atoms with Gasteiger partial charge in [-0.2, -0.15) is 13.2 Å². The Morgan fingerprint density at radius 2 is 2.00 bits per heavy atom. The number of nitrogens with two attached hydrogens (primary N) is 1. The molecular weight excluding hydrogens is 289 g/mol. The summed E-state index contributed by atoms with van der Waals surface area (Å²) >= 11 is 6.12. The SMILES string of the molecule is CCCN(CC(F)(F)F)c1c(Cl)cccc1CC(C)N. The van der Waals surface area contributed by atoms with Gasteiger partial charge in [0.15, 0.2) is 0 Å². The maximum atomic E-state index is 12.7. The fourth-order valence-corrected chi connectivity index (χ4v) is 2.50. The molecule has 20 heavy (non-hydrogen) atoms. The fourth-order valence-electron chi connectivity index (χ4n) is 2.18. The van der Waals surface area contributed by atoms with Crippen LogP contribution in [0.25, 0.3) is 0 Å². The number of hydrogen-bond acceptors (Lipinski definition) is 2. The zero-order valence-corrected chi connectivity index (χ0v) is 12.4. The number of halogens is 4. The molecule has 6 heteroatoms. The van der Waals surface area contributed by atoms with Gasteiger partial charge in [0.2, 0.25) is 0 Å². The average Bonchev–Trinajstić information content (AvgIpc) is 2.26. The van der Waals surface area contributed by atoms with Gasteiger partial charge in [-0.15, -0.1) is 0 Å². The van der Waals surface area contributed by atoms with E-state index in [1.807, 2.05) is 13.8 Å². The molecule has 0 amide bonds. The predicted molar refractivity (Wildman–Crippen MR) is 77.4 cm³/mol. The van der Waals surface area contributed by atoms with Crippen LogP contribution in [0.15, 0.2) is 18.2 Å². The van der Waals surface area contributed by atoms with Crippen LogP contribution >= 0.6 is 11.6 Å². The average molecular weight is 309 g/mol. The molecule has 0 aliphatic carbocycles. The Morgan fingerprint density at radius 3 is 2.50 bits per heavy atom. The van der Waals surface area contributed by atoms with Gasteiger partial charge in [0.1, 0.15) is 6.54 Å². The highest BCUT2D eigenvalue weighted by Gasteiger charge is 2.32. The molecule has 0 saturated heterocycles. The lowest BCUT2D eigenvalue weighted by molar-refractivity contribution is -0.119. The lowest BCUT2D eigenvalue weighted by Gasteiger charge is -2.29. The minimum Gasteiger partial charge on any atom is -0.361 e. The Morgan fingerprint density at radius 1 is 1.35 bits per heavy atom. The second kappa shape index (κ2) is 7.18. The Balaban J connectivity index is 3.16. The molecule has 1 atom stereocenters. The molecular formula is C14H20ClF3N2. The maximum Gasteiger partial charge on any atom is 0.405 e. The van der Waals surface area contributed by atoms with Gasteiger partial charge < -0.3 is 10.6 Å². The standard InChI is InChI=1S/C14H20ClF3N2/c1-3-7-20(9-14(16,17)18)13-11(8-10(2)19)5-4-6-12(13)15/h4-6,10H,3,7-9,19H2,1-2H3. The van der Waals surface area contributed by atoms with Crippen LogP contribution in [0.4, 0.5) is 18.9 Å². The van der Waals surface area contributed by atoms with E-state index >= 15 is 0 Å². The molecule has 0 aliphatic heterocycles. The van der Waals surface area contributed by atoms with Crippen LogP contribution < -0.4 is 10.6 Å².